The minimum Gasteiger partial charge on any atom is -0.507 e. The van der Waals surface area contributed by atoms with Crippen molar-refractivity contribution in [2.75, 3.05) is 0 Å². The van der Waals surface area contributed by atoms with Crippen molar-refractivity contribution in [1.29, 1.82) is 0 Å². The maximum absolute atomic E-state index is 11.8. The molecule has 2 rings (SSSR count). The Labute approximate surface area is 111 Å². The lowest BCUT2D eigenvalue weighted by atomic mass is 10.1. The highest BCUT2D eigenvalue weighted by Crippen LogP contribution is 2.36. The van der Waals surface area contributed by atoms with E-state index in [1.54, 1.807) is 12.1 Å². The molecule has 0 unspecified atom stereocenters. The molecular weight excluding hydrogens is 337 g/mol. The van der Waals surface area contributed by atoms with Gasteiger partial charge >= 0.3 is 5.97 Å². The van der Waals surface area contributed by atoms with Crippen molar-refractivity contribution < 1.29 is 19.8 Å². The van der Waals surface area contributed by atoms with E-state index < -0.39 is 17.4 Å². The second-order valence-electron chi connectivity index (χ2n) is 4.01. The molecule has 0 atom stereocenters. The standard InChI is InChI=1S/C11H10INO4/c12-7-2-1-6(5-8(7)14)9(15)13-11(3-4-11)10(16)17/h1-2,5,14H,3-4H2,(H,13,15)(H,16,17). The van der Waals surface area contributed by atoms with E-state index in [0.717, 1.165) is 0 Å². The third-order valence-corrected chi connectivity index (χ3v) is 3.63. The number of carbonyl (C=O) groups is 2. The first-order valence-electron chi connectivity index (χ1n) is 4.99. The summed E-state index contributed by atoms with van der Waals surface area (Å²) in [5, 5.41) is 20.9. The number of benzene rings is 1. The van der Waals surface area contributed by atoms with Gasteiger partial charge in [-0.05, 0) is 53.6 Å². The molecule has 1 aromatic carbocycles. The SMILES string of the molecule is O=C(NC1(C(=O)O)CC1)c1ccc(I)c(O)c1. The van der Waals surface area contributed by atoms with Crippen LogP contribution in [0.15, 0.2) is 18.2 Å². The lowest BCUT2D eigenvalue weighted by Gasteiger charge is -2.12. The van der Waals surface area contributed by atoms with E-state index in [9.17, 15) is 14.7 Å². The second kappa shape index (κ2) is 4.17. The van der Waals surface area contributed by atoms with Crippen LogP contribution >= 0.6 is 22.6 Å². The summed E-state index contributed by atoms with van der Waals surface area (Å²) in [5.41, 5.74) is -0.842. The molecule has 0 radical (unpaired) electrons. The van der Waals surface area contributed by atoms with E-state index in [4.69, 9.17) is 5.11 Å². The Bertz CT molecular complexity index is 496. The van der Waals surface area contributed by atoms with Gasteiger partial charge in [-0.2, -0.15) is 0 Å². The number of hydrogen-bond acceptors (Lipinski definition) is 3. The molecule has 3 N–H and O–H groups in total. The molecule has 0 aliphatic heterocycles. The number of nitrogens with one attached hydrogen (secondary N) is 1. The molecule has 0 spiro atoms. The zero-order chi connectivity index (χ0) is 12.6. The van der Waals surface area contributed by atoms with Crippen molar-refractivity contribution >= 4 is 34.5 Å². The molecule has 5 nitrogen and oxygen atoms in total. The third kappa shape index (κ3) is 2.36. The van der Waals surface area contributed by atoms with Crippen LogP contribution in [0.3, 0.4) is 0 Å². The van der Waals surface area contributed by atoms with Crippen LogP contribution in [-0.4, -0.2) is 27.6 Å². The average molecular weight is 347 g/mol. The molecule has 6 heteroatoms. The first-order valence-corrected chi connectivity index (χ1v) is 6.07. The van der Waals surface area contributed by atoms with E-state index in [-0.39, 0.29) is 11.3 Å². The highest BCUT2D eigenvalue weighted by atomic mass is 127. The monoisotopic (exact) mass is 347 g/mol. The van der Waals surface area contributed by atoms with Crippen molar-refractivity contribution in [3.8, 4) is 5.75 Å². The lowest BCUT2D eigenvalue weighted by molar-refractivity contribution is -0.140. The average Bonchev–Trinajstić information content (AvgIpc) is 3.03. The number of hydrogen-bond donors (Lipinski definition) is 3. The summed E-state index contributed by atoms with van der Waals surface area (Å²) in [6.07, 6.45) is 0.898. The maximum Gasteiger partial charge on any atom is 0.329 e. The number of aromatic hydroxyl groups is 1. The van der Waals surface area contributed by atoms with Crippen LogP contribution in [0.2, 0.25) is 0 Å². The summed E-state index contributed by atoms with van der Waals surface area (Å²) in [6, 6.07) is 4.48. The molecule has 1 aliphatic rings. The largest absolute Gasteiger partial charge is 0.507 e. The quantitative estimate of drug-likeness (QED) is 0.721. The van der Waals surface area contributed by atoms with Gasteiger partial charge in [0, 0.05) is 5.56 Å². The van der Waals surface area contributed by atoms with Gasteiger partial charge in [-0.25, -0.2) is 4.79 Å². The van der Waals surface area contributed by atoms with E-state index in [2.05, 4.69) is 5.32 Å². The molecule has 17 heavy (non-hydrogen) atoms. The van der Waals surface area contributed by atoms with E-state index in [0.29, 0.717) is 16.4 Å². The smallest absolute Gasteiger partial charge is 0.329 e. The number of aliphatic carboxylic acids is 1. The van der Waals surface area contributed by atoms with Gasteiger partial charge in [0.25, 0.3) is 5.91 Å². The first kappa shape index (κ1) is 12.2. The van der Waals surface area contributed by atoms with Gasteiger partial charge in [-0.15, -0.1) is 0 Å². The molecule has 1 aliphatic carbocycles. The zero-order valence-electron chi connectivity index (χ0n) is 8.74. The zero-order valence-corrected chi connectivity index (χ0v) is 10.9. The van der Waals surface area contributed by atoms with Gasteiger partial charge in [-0.1, -0.05) is 0 Å². The molecule has 1 aromatic rings. The third-order valence-electron chi connectivity index (χ3n) is 2.72. The highest BCUT2D eigenvalue weighted by Gasteiger charge is 2.51. The summed E-state index contributed by atoms with van der Waals surface area (Å²) >= 11 is 1.94. The summed E-state index contributed by atoms with van der Waals surface area (Å²) in [4.78, 5) is 22.7. The topological polar surface area (TPSA) is 86.6 Å². The second-order valence-corrected chi connectivity index (χ2v) is 5.17. The molecule has 1 saturated carbocycles. The van der Waals surface area contributed by atoms with E-state index in [1.807, 2.05) is 22.6 Å². The van der Waals surface area contributed by atoms with Crippen LogP contribution in [0.5, 0.6) is 5.75 Å². The van der Waals surface area contributed by atoms with Crippen molar-refractivity contribution in [3.63, 3.8) is 0 Å². The number of carboxylic acids is 1. The Morgan fingerprint density at radius 3 is 2.47 bits per heavy atom. The summed E-state index contributed by atoms with van der Waals surface area (Å²) in [6.45, 7) is 0. The summed E-state index contributed by atoms with van der Waals surface area (Å²) in [7, 11) is 0. The highest BCUT2D eigenvalue weighted by molar-refractivity contribution is 14.1. The fraction of sp³-hybridized carbons (Fsp3) is 0.273. The predicted molar refractivity (Wildman–Crippen MR) is 67.9 cm³/mol. The number of carboxylic acid groups (broad SMARTS) is 1. The van der Waals surface area contributed by atoms with Crippen LogP contribution in [0.4, 0.5) is 0 Å². The molecule has 0 aromatic heterocycles. The van der Waals surface area contributed by atoms with E-state index >= 15 is 0 Å². The molecular formula is C11H10INO4. The minimum atomic E-state index is -1.10. The van der Waals surface area contributed by atoms with Gasteiger partial charge in [0.1, 0.15) is 11.3 Å². The van der Waals surface area contributed by atoms with E-state index in [1.165, 1.54) is 6.07 Å². The van der Waals surface area contributed by atoms with Crippen molar-refractivity contribution in [2.24, 2.45) is 0 Å². The lowest BCUT2D eigenvalue weighted by Crippen LogP contribution is -2.43. The van der Waals surface area contributed by atoms with Crippen LogP contribution in [-0.2, 0) is 4.79 Å². The molecule has 1 amide bonds. The number of phenols is 1. The number of phenolic OH excluding ortho intramolecular Hbond substituents is 1. The van der Waals surface area contributed by atoms with Crippen LogP contribution in [0.1, 0.15) is 23.2 Å². The number of rotatable bonds is 3. The Morgan fingerprint density at radius 1 is 1.35 bits per heavy atom. The Kier molecular flexibility index (Phi) is 2.98. The first-order chi connectivity index (χ1) is 7.94. The maximum atomic E-state index is 11.8. The minimum absolute atomic E-state index is 0.0124. The van der Waals surface area contributed by atoms with Crippen molar-refractivity contribution in [1.82, 2.24) is 5.32 Å². The number of halogens is 1. The fourth-order valence-corrected chi connectivity index (χ4v) is 1.80. The summed E-state index contributed by atoms with van der Waals surface area (Å²) < 4.78 is 0.638. The molecule has 0 saturated heterocycles. The molecule has 0 heterocycles. The normalized spacial score (nSPS) is 16.3. The van der Waals surface area contributed by atoms with Crippen LogP contribution in [0, 0.1) is 3.57 Å². The van der Waals surface area contributed by atoms with Gasteiger partial charge < -0.3 is 15.5 Å². The molecule has 1 fully saturated rings. The molecule has 90 valence electrons. The van der Waals surface area contributed by atoms with Gasteiger partial charge in [-0.3, -0.25) is 4.79 Å². The van der Waals surface area contributed by atoms with Crippen molar-refractivity contribution in [3.05, 3.63) is 27.3 Å². The van der Waals surface area contributed by atoms with Crippen molar-refractivity contribution in [2.45, 2.75) is 18.4 Å². The van der Waals surface area contributed by atoms with Gasteiger partial charge in [0.05, 0.1) is 3.57 Å². The number of carbonyl (C=O) groups excluding carboxylic acids is 1. The number of amides is 1. The van der Waals surface area contributed by atoms with Crippen LogP contribution in [0.25, 0.3) is 0 Å². The van der Waals surface area contributed by atoms with Gasteiger partial charge in [0.15, 0.2) is 0 Å². The van der Waals surface area contributed by atoms with Crippen LogP contribution < -0.4 is 5.32 Å². The Hall–Kier alpha value is -1.31. The molecule has 0 bridgehead atoms. The predicted octanol–water partition coefficient (Wildman–Crippen LogP) is 1.34. The summed E-state index contributed by atoms with van der Waals surface area (Å²) in [5.74, 6) is -1.48. The van der Waals surface area contributed by atoms with Gasteiger partial charge in [0.2, 0.25) is 0 Å². The Balaban J connectivity index is 2.15. The Morgan fingerprint density at radius 2 is 2.00 bits per heavy atom. The fourth-order valence-electron chi connectivity index (χ4n) is 1.46.